The fourth-order valence-corrected chi connectivity index (χ4v) is 2.04. The number of halogens is 1. The van der Waals surface area contributed by atoms with E-state index in [1.54, 1.807) is 19.1 Å². The van der Waals surface area contributed by atoms with Crippen molar-refractivity contribution in [3.05, 3.63) is 30.1 Å². The monoisotopic (exact) mass is 268 g/mol. The van der Waals surface area contributed by atoms with Crippen LogP contribution in [0.25, 0.3) is 0 Å². The Morgan fingerprint density at radius 2 is 2.26 bits per heavy atom. The van der Waals surface area contributed by atoms with E-state index in [2.05, 4.69) is 5.32 Å². The maximum Gasteiger partial charge on any atom is 0.237 e. The van der Waals surface area contributed by atoms with E-state index in [4.69, 9.17) is 10.5 Å². The molecule has 0 spiro atoms. The molecule has 5 heteroatoms. The molecule has 3 N–H and O–H groups in total. The van der Waals surface area contributed by atoms with Crippen molar-refractivity contribution in [3.63, 3.8) is 0 Å². The summed E-state index contributed by atoms with van der Waals surface area (Å²) in [5, 5.41) is 3.06. The number of amides is 1. The lowest BCUT2D eigenvalue weighted by atomic mass is 9.94. The molecule has 0 saturated carbocycles. The minimum Gasteiger partial charge on any atom is -0.491 e. The van der Waals surface area contributed by atoms with Gasteiger partial charge in [-0.05, 0) is 32.5 Å². The number of benzene rings is 1. The fraction of sp³-hybridized carbons (Fsp3) is 0.500. The van der Waals surface area contributed by atoms with Crippen molar-refractivity contribution in [3.8, 4) is 5.75 Å². The van der Waals surface area contributed by atoms with Gasteiger partial charge in [0.05, 0.1) is 11.6 Å². The minimum absolute atomic E-state index is 0.265. The molecule has 0 saturated heterocycles. The largest absolute Gasteiger partial charge is 0.491 e. The van der Waals surface area contributed by atoms with Gasteiger partial charge in [0.15, 0.2) is 0 Å². The molecule has 0 fully saturated rings. The van der Waals surface area contributed by atoms with E-state index in [9.17, 15) is 9.18 Å². The number of hydrogen-bond donors (Lipinski definition) is 2. The molecule has 19 heavy (non-hydrogen) atoms. The van der Waals surface area contributed by atoms with Crippen LogP contribution in [0.4, 0.5) is 4.39 Å². The number of primary amides is 1. The van der Waals surface area contributed by atoms with Gasteiger partial charge in [-0.2, -0.15) is 0 Å². The standard InChI is InChI=1S/C14H21FN2O2/c1-4-17-14(3,13(16)18)9-10(2)19-12-7-5-6-11(15)8-12/h5-8,10,17H,4,9H2,1-3H3,(H2,16,18). The van der Waals surface area contributed by atoms with E-state index < -0.39 is 11.4 Å². The van der Waals surface area contributed by atoms with Crippen molar-refractivity contribution in [2.75, 3.05) is 6.54 Å². The van der Waals surface area contributed by atoms with E-state index >= 15 is 0 Å². The first kappa shape index (κ1) is 15.4. The summed E-state index contributed by atoms with van der Waals surface area (Å²) in [6.07, 6.45) is 0.144. The highest BCUT2D eigenvalue weighted by Gasteiger charge is 2.32. The molecule has 0 aliphatic heterocycles. The minimum atomic E-state index is -0.832. The zero-order chi connectivity index (χ0) is 14.5. The van der Waals surface area contributed by atoms with Crippen molar-refractivity contribution in [2.45, 2.75) is 38.8 Å². The number of likely N-dealkylation sites (N-methyl/N-ethyl adjacent to an activating group) is 1. The van der Waals surface area contributed by atoms with E-state index in [-0.39, 0.29) is 11.9 Å². The van der Waals surface area contributed by atoms with Gasteiger partial charge in [-0.25, -0.2) is 4.39 Å². The number of ether oxygens (including phenoxy) is 1. The molecule has 0 heterocycles. The smallest absolute Gasteiger partial charge is 0.237 e. The van der Waals surface area contributed by atoms with Crippen LogP contribution in [0.3, 0.4) is 0 Å². The first-order valence-electron chi connectivity index (χ1n) is 6.34. The summed E-state index contributed by atoms with van der Waals surface area (Å²) in [7, 11) is 0. The maximum atomic E-state index is 13.0. The Morgan fingerprint density at radius 1 is 1.58 bits per heavy atom. The zero-order valence-electron chi connectivity index (χ0n) is 11.6. The second kappa shape index (κ2) is 6.52. The molecule has 0 aliphatic rings. The van der Waals surface area contributed by atoms with Gasteiger partial charge in [0, 0.05) is 12.5 Å². The molecule has 4 nitrogen and oxygen atoms in total. The molecule has 2 atom stereocenters. The second-order valence-corrected chi connectivity index (χ2v) is 4.82. The van der Waals surface area contributed by atoms with E-state index in [1.807, 2.05) is 13.8 Å². The molecule has 106 valence electrons. The highest BCUT2D eigenvalue weighted by molar-refractivity contribution is 5.84. The van der Waals surface area contributed by atoms with Gasteiger partial charge in [-0.3, -0.25) is 4.79 Å². The van der Waals surface area contributed by atoms with Gasteiger partial charge >= 0.3 is 0 Å². The number of hydrogen-bond acceptors (Lipinski definition) is 3. The second-order valence-electron chi connectivity index (χ2n) is 4.82. The predicted molar refractivity (Wildman–Crippen MR) is 72.4 cm³/mol. The van der Waals surface area contributed by atoms with Gasteiger partial charge in [-0.15, -0.1) is 0 Å². The number of carbonyl (C=O) groups is 1. The summed E-state index contributed by atoms with van der Waals surface area (Å²) in [4.78, 5) is 11.5. The summed E-state index contributed by atoms with van der Waals surface area (Å²) < 4.78 is 18.6. The van der Waals surface area contributed by atoms with Crippen LogP contribution < -0.4 is 15.8 Å². The number of nitrogens with two attached hydrogens (primary N) is 1. The van der Waals surface area contributed by atoms with Crippen molar-refractivity contribution in [1.82, 2.24) is 5.32 Å². The highest BCUT2D eigenvalue weighted by Crippen LogP contribution is 2.19. The normalized spacial score (nSPS) is 15.6. The van der Waals surface area contributed by atoms with Crippen LogP contribution in [0.15, 0.2) is 24.3 Å². The first-order chi connectivity index (χ1) is 8.87. The highest BCUT2D eigenvalue weighted by atomic mass is 19.1. The van der Waals surface area contributed by atoms with E-state index in [0.717, 1.165) is 0 Å². The summed E-state index contributed by atoms with van der Waals surface area (Å²) in [5.41, 5.74) is 4.57. The number of carbonyl (C=O) groups excluding carboxylic acids is 1. The predicted octanol–water partition coefficient (Wildman–Crippen LogP) is 1.84. The van der Waals surface area contributed by atoms with Crippen LogP contribution in [-0.2, 0) is 4.79 Å². The average molecular weight is 268 g/mol. The lowest BCUT2D eigenvalue weighted by molar-refractivity contribution is -0.124. The molecule has 1 rings (SSSR count). The lowest BCUT2D eigenvalue weighted by Gasteiger charge is -2.30. The molecule has 0 aliphatic carbocycles. The Kier molecular flexibility index (Phi) is 5.30. The van der Waals surface area contributed by atoms with Gasteiger partial charge in [0.1, 0.15) is 11.6 Å². The van der Waals surface area contributed by atoms with E-state index in [0.29, 0.717) is 18.7 Å². The van der Waals surface area contributed by atoms with Gasteiger partial charge in [0.25, 0.3) is 0 Å². The Balaban J connectivity index is 2.68. The van der Waals surface area contributed by atoms with Gasteiger partial charge in [-0.1, -0.05) is 13.0 Å². The van der Waals surface area contributed by atoms with Crippen LogP contribution in [0, 0.1) is 5.82 Å². The fourth-order valence-electron chi connectivity index (χ4n) is 2.04. The Morgan fingerprint density at radius 3 is 2.79 bits per heavy atom. The van der Waals surface area contributed by atoms with Crippen molar-refractivity contribution in [2.24, 2.45) is 5.73 Å². The quantitative estimate of drug-likeness (QED) is 0.793. The SMILES string of the molecule is CCNC(C)(CC(C)Oc1cccc(F)c1)C(N)=O. The zero-order valence-corrected chi connectivity index (χ0v) is 11.6. The number of nitrogens with one attached hydrogen (secondary N) is 1. The topological polar surface area (TPSA) is 64.3 Å². The van der Waals surface area contributed by atoms with Crippen LogP contribution in [-0.4, -0.2) is 24.1 Å². The maximum absolute atomic E-state index is 13.0. The van der Waals surface area contributed by atoms with Crippen molar-refractivity contribution in [1.29, 1.82) is 0 Å². The van der Waals surface area contributed by atoms with E-state index in [1.165, 1.54) is 12.1 Å². The Bertz CT molecular complexity index is 439. The third-order valence-corrected chi connectivity index (χ3v) is 2.94. The first-order valence-corrected chi connectivity index (χ1v) is 6.34. The molecular weight excluding hydrogens is 247 g/mol. The average Bonchev–Trinajstić information content (AvgIpc) is 2.28. The molecule has 0 bridgehead atoms. The number of rotatable bonds is 7. The molecular formula is C14H21FN2O2. The lowest BCUT2D eigenvalue weighted by Crippen LogP contribution is -2.55. The van der Waals surface area contributed by atoms with Gasteiger partial charge in [0.2, 0.25) is 5.91 Å². The van der Waals surface area contributed by atoms with Gasteiger partial charge < -0.3 is 15.8 Å². The molecule has 0 radical (unpaired) electrons. The molecule has 1 aromatic carbocycles. The molecule has 1 aromatic rings. The van der Waals surface area contributed by atoms with Crippen LogP contribution >= 0.6 is 0 Å². The summed E-state index contributed by atoms with van der Waals surface area (Å²) in [5.74, 6) is -0.339. The third kappa shape index (κ3) is 4.52. The van der Waals surface area contributed by atoms with Crippen LogP contribution in [0.2, 0.25) is 0 Å². The summed E-state index contributed by atoms with van der Waals surface area (Å²) in [6, 6.07) is 5.92. The van der Waals surface area contributed by atoms with Crippen molar-refractivity contribution >= 4 is 5.91 Å². The Hall–Kier alpha value is -1.62. The third-order valence-electron chi connectivity index (χ3n) is 2.94. The van der Waals surface area contributed by atoms with Crippen LogP contribution in [0.5, 0.6) is 5.75 Å². The Labute approximate surface area is 113 Å². The van der Waals surface area contributed by atoms with Crippen LogP contribution in [0.1, 0.15) is 27.2 Å². The molecule has 0 aromatic heterocycles. The van der Waals surface area contributed by atoms with Crippen molar-refractivity contribution < 1.29 is 13.9 Å². The molecule has 2 unspecified atom stereocenters. The molecule has 1 amide bonds. The summed E-state index contributed by atoms with van der Waals surface area (Å²) in [6.45, 7) is 6.10. The summed E-state index contributed by atoms with van der Waals surface area (Å²) >= 11 is 0.